The molecule has 0 amide bonds. The van der Waals surface area contributed by atoms with E-state index in [1.54, 1.807) is 0 Å². The predicted molar refractivity (Wildman–Crippen MR) is 75.3 cm³/mol. The minimum atomic E-state index is 0.371. The number of likely N-dealkylation sites (tertiary alicyclic amines) is 1. The van der Waals surface area contributed by atoms with Crippen molar-refractivity contribution >= 4 is 0 Å². The highest BCUT2D eigenvalue weighted by Crippen LogP contribution is 2.35. The van der Waals surface area contributed by atoms with Gasteiger partial charge in [0.05, 0.1) is 0 Å². The summed E-state index contributed by atoms with van der Waals surface area (Å²) in [6, 6.07) is 0.716. The molecule has 1 saturated heterocycles. The summed E-state index contributed by atoms with van der Waals surface area (Å²) >= 11 is 0. The summed E-state index contributed by atoms with van der Waals surface area (Å²) in [7, 11) is 0. The third kappa shape index (κ3) is 3.25. The third-order valence-electron chi connectivity index (χ3n) is 5.32. The number of rotatable bonds is 4. The first kappa shape index (κ1) is 14.3. The zero-order valence-corrected chi connectivity index (χ0v) is 11.9. The summed E-state index contributed by atoms with van der Waals surface area (Å²) in [6.45, 7) is 5.88. The van der Waals surface area contributed by atoms with Gasteiger partial charge < -0.3 is 15.7 Å². The Morgan fingerprint density at radius 1 is 1.11 bits per heavy atom. The molecule has 18 heavy (non-hydrogen) atoms. The molecular formula is C15H30N2O. The lowest BCUT2D eigenvalue weighted by molar-refractivity contribution is 0.0412. The molecule has 1 aliphatic carbocycles. The standard InChI is InChI=1S/C15H30N2O/c1-2-12-3-4-14(10-16)15(9-12)17-7-5-13(11-18)6-8-17/h12-15,18H,2-11,16H2,1H3. The lowest BCUT2D eigenvalue weighted by Crippen LogP contribution is -2.50. The van der Waals surface area contributed by atoms with Gasteiger partial charge in [-0.1, -0.05) is 19.8 Å². The molecule has 1 heterocycles. The number of aliphatic hydroxyl groups excluding tert-OH is 1. The van der Waals surface area contributed by atoms with Crippen molar-refractivity contribution < 1.29 is 5.11 Å². The van der Waals surface area contributed by atoms with E-state index >= 15 is 0 Å². The van der Waals surface area contributed by atoms with Gasteiger partial charge in [0, 0.05) is 12.6 Å². The quantitative estimate of drug-likeness (QED) is 0.805. The zero-order chi connectivity index (χ0) is 13.0. The van der Waals surface area contributed by atoms with Crippen LogP contribution in [0.25, 0.3) is 0 Å². The molecule has 0 spiro atoms. The maximum absolute atomic E-state index is 9.23. The molecule has 2 fully saturated rings. The molecule has 3 nitrogen and oxygen atoms in total. The van der Waals surface area contributed by atoms with Gasteiger partial charge in [0.25, 0.3) is 0 Å². The highest BCUT2D eigenvalue weighted by Gasteiger charge is 2.34. The van der Waals surface area contributed by atoms with Gasteiger partial charge in [-0.3, -0.25) is 0 Å². The normalized spacial score (nSPS) is 35.8. The number of nitrogens with two attached hydrogens (primary N) is 1. The molecule has 2 aliphatic rings. The number of aliphatic hydroxyl groups is 1. The van der Waals surface area contributed by atoms with E-state index in [-0.39, 0.29) is 0 Å². The van der Waals surface area contributed by atoms with Gasteiger partial charge in [-0.2, -0.15) is 0 Å². The molecule has 1 saturated carbocycles. The van der Waals surface area contributed by atoms with Crippen molar-refractivity contribution in [3.63, 3.8) is 0 Å². The van der Waals surface area contributed by atoms with E-state index in [0.29, 0.717) is 24.5 Å². The minimum Gasteiger partial charge on any atom is -0.396 e. The molecule has 3 unspecified atom stereocenters. The van der Waals surface area contributed by atoms with Crippen molar-refractivity contribution in [1.82, 2.24) is 4.90 Å². The Hall–Kier alpha value is -0.120. The van der Waals surface area contributed by atoms with Crippen molar-refractivity contribution in [2.45, 2.75) is 51.5 Å². The SMILES string of the molecule is CCC1CCC(CN)C(N2CCC(CO)CC2)C1. The van der Waals surface area contributed by atoms with Crippen LogP contribution in [0.1, 0.15) is 45.4 Å². The fourth-order valence-corrected chi connectivity index (χ4v) is 3.85. The van der Waals surface area contributed by atoms with Crippen LogP contribution in [0.2, 0.25) is 0 Å². The smallest absolute Gasteiger partial charge is 0.0460 e. The Labute approximate surface area is 112 Å². The maximum atomic E-state index is 9.23. The second-order valence-electron chi connectivity index (χ2n) is 6.31. The van der Waals surface area contributed by atoms with E-state index in [1.807, 2.05) is 0 Å². The Balaban J connectivity index is 1.91. The van der Waals surface area contributed by atoms with Crippen LogP contribution in [0.5, 0.6) is 0 Å². The minimum absolute atomic E-state index is 0.371. The van der Waals surface area contributed by atoms with Crippen molar-refractivity contribution in [2.75, 3.05) is 26.2 Å². The monoisotopic (exact) mass is 254 g/mol. The number of hydrogen-bond donors (Lipinski definition) is 2. The van der Waals surface area contributed by atoms with Crippen LogP contribution in [0, 0.1) is 17.8 Å². The molecule has 106 valence electrons. The molecule has 0 aromatic heterocycles. The Bertz CT molecular complexity index is 239. The largest absolute Gasteiger partial charge is 0.396 e. The first-order valence-corrected chi connectivity index (χ1v) is 7.83. The van der Waals surface area contributed by atoms with Gasteiger partial charge in [0.2, 0.25) is 0 Å². The number of hydrogen-bond acceptors (Lipinski definition) is 3. The van der Waals surface area contributed by atoms with Gasteiger partial charge in [-0.25, -0.2) is 0 Å². The fourth-order valence-electron chi connectivity index (χ4n) is 3.85. The van der Waals surface area contributed by atoms with Gasteiger partial charge in [0.1, 0.15) is 0 Å². The van der Waals surface area contributed by atoms with Crippen molar-refractivity contribution in [3.05, 3.63) is 0 Å². The van der Waals surface area contributed by atoms with Crippen LogP contribution >= 0.6 is 0 Å². The van der Waals surface area contributed by atoms with E-state index in [0.717, 1.165) is 12.5 Å². The average molecular weight is 254 g/mol. The van der Waals surface area contributed by atoms with E-state index in [9.17, 15) is 5.11 Å². The summed E-state index contributed by atoms with van der Waals surface area (Å²) < 4.78 is 0. The molecule has 0 aromatic rings. The molecule has 0 aromatic carbocycles. The van der Waals surface area contributed by atoms with Crippen molar-refractivity contribution in [2.24, 2.45) is 23.5 Å². The van der Waals surface area contributed by atoms with Gasteiger partial charge >= 0.3 is 0 Å². The molecule has 3 N–H and O–H groups in total. The van der Waals surface area contributed by atoms with E-state index in [1.165, 1.54) is 51.6 Å². The first-order chi connectivity index (χ1) is 8.78. The lowest BCUT2D eigenvalue weighted by atomic mass is 9.76. The van der Waals surface area contributed by atoms with Gasteiger partial charge in [0.15, 0.2) is 0 Å². The second kappa shape index (κ2) is 6.88. The molecule has 0 radical (unpaired) electrons. The summed E-state index contributed by atoms with van der Waals surface area (Å²) in [4.78, 5) is 2.67. The Morgan fingerprint density at radius 3 is 2.39 bits per heavy atom. The van der Waals surface area contributed by atoms with Crippen molar-refractivity contribution in [3.8, 4) is 0 Å². The lowest BCUT2D eigenvalue weighted by Gasteiger charge is -2.45. The van der Waals surface area contributed by atoms with Crippen LogP contribution in [0.15, 0.2) is 0 Å². The van der Waals surface area contributed by atoms with Crippen LogP contribution in [0.3, 0.4) is 0 Å². The third-order valence-corrected chi connectivity index (χ3v) is 5.32. The summed E-state index contributed by atoms with van der Waals surface area (Å²) in [5, 5.41) is 9.23. The molecule has 2 rings (SSSR count). The predicted octanol–water partition coefficient (Wildman–Crippen LogP) is 1.84. The average Bonchev–Trinajstić information content (AvgIpc) is 2.46. The second-order valence-corrected chi connectivity index (χ2v) is 6.31. The highest BCUT2D eigenvalue weighted by molar-refractivity contribution is 4.89. The molecule has 0 bridgehead atoms. The van der Waals surface area contributed by atoms with Crippen molar-refractivity contribution in [1.29, 1.82) is 0 Å². The Kier molecular flexibility index (Phi) is 5.46. The topological polar surface area (TPSA) is 49.5 Å². The zero-order valence-electron chi connectivity index (χ0n) is 11.9. The van der Waals surface area contributed by atoms with Gasteiger partial charge in [-0.15, -0.1) is 0 Å². The van der Waals surface area contributed by atoms with E-state index in [4.69, 9.17) is 5.73 Å². The van der Waals surface area contributed by atoms with E-state index in [2.05, 4.69) is 11.8 Å². The maximum Gasteiger partial charge on any atom is 0.0460 e. The molecule has 1 aliphatic heterocycles. The molecule has 3 heteroatoms. The van der Waals surface area contributed by atoms with Crippen LogP contribution < -0.4 is 5.73 Å². The van der Waals surface area contributed by atoms with Crippen LogP contribution in [0.4, 0.5) is 0 Å². The summed E-state index contributed by atoms with van der Waals surface area (Å²) in [5.74, 6) is 2.16. The molecular weight excluding hydrogens is 224 g/mol. The van der Waals surface area contributed by atoms with Crippen LogP contribution in [-0.2, 0) is 0 Å². The summed E-state index contributed by atoms with van der Waals surface area (Å²) in [5.41, 5.74) is 5.97. The number of piperidine rings is 1. The van der Waals surface area contributed by atoms with Gasteiger partial charge in [-0.05, 0) is 63.1 Å². The highest BCUT2D eigenvalue weighted by atomic mass is 16.3. The molecule has 3 atom stereocenters. The Morgan fingerprint density at radius 2 is 1.83 bits per heavy atom. The fraction of sp³-hybridized carbons (Fsp3) is 1.00. The number of nitrogens with zero attached hydrogens (tertiary/aromatic N) is 1. The van der Waals surface area contributed by atoms with E-state index < -0.39 is 0 Å². The van der Waals surface area contributed by atoms with Crippen LogP contribution in [-0.4, -0.2) is 42.3 Å². The first-order valence-electron chi connectivity index (χ1n) is 7.83. The summed E-state index contributed by atoms with van der Waals surface area (Å²) in [6.07, 6.45) is 7.70.